The van der Waals surface area contributed by atoms with Crippen LogP contribution in [0, 0.1) is 27.7 Å². The molecule has 0 spiro atoms. The summed E-state index contributed by atoms with van der Waals surface area (Å²) in [5, 5.41) is 17.1. The Morgan fingerprint density at radius 1 is 1.04 bits per heavy atom. The van der Waals surface area contributed by atoms with Gasteiger partial charge >= 0.3 is 0 Å². The largest absolute Gasteiger partial charge is 0.395 e. The average Bonchev–Trinajstić information content (AvgIpc) is 2.85. The van der Waals surface area contributed by atoms with E-state index in [0.29, 0.717) is 6.54 Å². The topological polar surface area (TPSA) is 62.5 Å². The highest BCUT2D eigenvalue weighted by Crippen LogP contribution is 2.30. The Bertz CT molecular complexity index is 850. The van der Waals surface area contributed by atoms with E-state index >= 15 is 0 Å². The Labute approximate surface area is 136 Å². The number of aryl methyl sites for hydroxylation is 3. The fraction of sp³-hybridized carbons (Fsp3) is 0.333. The fourth-order valence-electron chi connectivity index (χ4n) is 2.79. The minimum absolute atomic E-state index is 0.0768. The van der Waals surface area contributed by atoms with Gasteiger partial charge in [-0.1, -0.05) is 29.8 Å². The first kappa shape index (κ1) is 15.5. The van der Waals surface area contributed by atoms with Gasteiger partial charge in [-0.3, -0.25) is 0 Å². The van der Waals surface area contributed by atoms with Gasteiger partial charge in [0.15, 0.2) is 5.65 Å². The van der Waals surface area contributed by atoms with Crippen molar-refractivity contribution >= 4 is 11.5 Å². The number of fused-ring (bicyclic) bond motifs is 1. The maximum atomic E-state index is 9.12. The number of nitrogens with zero attached hydrogens (tertiary/aromatic N) is 3. The third-order valence-corrected chi connectivity index (χ3v) is 4.16. The summed E-state index contributed by atoms with van der Waals surface area (Å²) >= 11 is 0. The van der Waals surface area contributed by atoms with Gasteiger partial charge in [0.1, 0.15) is 5.82 Å². The number of hydrogen-bond donors (Lipinski definition) is 2. The molecule has 0 amide bonds. The summed E-state index contributed by atoms with van der Waals surface area (Å²) in [7, 11) is 0. The second kappa shape index (κ2) is 6.01. The summed E-state index contributed by atoms with van der Waals surface area (Å²) < 4.78 is 1.85. The lowest BCUT2D eigenvalue weighted by Gasteiger charge is -2.12. The number of nitrogens with one attached hydrogen (secondary N) is 1. The van der Waals surface area contributed by atoms with Crippen molar-refractivity contribution < 1.29 is 5.11 Å². The van der Waals surface area contributed by atoms with E-state index in [-0.39, 0.29) is 6.61 Å². The average molecular weight is 310 g/mol. The summed E-state index contributed by atoms with van der Waals surface area (Å²) in [6.07, 6.45) is 0. The zero-order chi connectivity index (χ0) is 16.6. The van der Waals surface area contributed by atoms with Gasteiger partial charge in [-0.15, -0.1) is 0 Å². The van der Waals surface area contributed by atoms with Crippen LogP contribution in [0.1, 0.15) is 22.5 Å². The minimum atomic E-state index is 0.0768. The van der Waals surface area contributed by atoms with E-state index in [1.807, 2.05) is 25.3 Å². The zero-order valence-electron chi connectivity index (χ0n) is 14.0. The van der Waals surface area contributed by atoms with E-state index < -0.39 is 0 Å². The molecule has 0 bridgehead atoms. The lowest BCUT2D eigenvalue weighted by molar-refractivity contribution is 0.311. The maximum Gasteiger partial charge on any atom is 0.165 e. The molecule has 0 aliphatic carbocycles. The van der Waals surface area contributed by atoms with Crippen molar-refractivity contribution in [3.8, 4) is 11.1 Å². The van der Waals surface area contributed by atoms with Crippen molar-refractivity contribution in [3.05, 3.63) is 46.8 Å². The Morgan fingerprint density at radius 3 is 2.39 bits per heavy atom. The molecule has 0 unspecified atom stereocenters. The molecule has 2 N–H and O–H groups in total. The molecule has 5 heteroatoms. The third-order valence-electron chi connectivity index (χ3n) is 4.16. The van der Waals surface area contributed by atoms with Crippen molar-refractivity contribution in [2.45, 2.75) is 27.7 Å². The van der Waals surface area contributed by atoms with Crippen LogP contribution in [0.5, 0.6) is 0 Å². The van der Waals surface area contributed by atoms with Crippen LogP contribution in [0.2, 0.25) is 0 Å². The summed E-state index contributed by atoms with van der Waals surface area (Å²) in [6, 6.07) is 8.42. The highest BCUT2D eigenvalue weighted by Gasteiger charge is 2.18. The predicted molar refractivity (Wildman–Crippen MR) is 92.9 cm³/mol. The van der Waals surface area contributed by atoms with Crippen LogP contribution in [0.4, 0.5) is 5.82 Å². The van der Waals surface area contributed by atoms with Gasteiger partial charge in [0.25, 0.3) is 0 Å². The summed E-state index contributed by atoms with van der Waals surface area (Å²) in [6.45, 7) is 8.66. The summed E-state index contributed by atoms with van der Waals surface area (Å²) in [5.41, 5.74) is 7.20. The number of aliphatic hydroxyl groups is 1. The number of benzene rings is 1. The molecule has 1 aromatic carbocycles. The van der Waals surface area contributed by atoms with E-state index in [1.165, 1.54) is 5.56 Å². The van der Waals surface area contributed by atoms with Crippen LogP contribution < -0.4 is 5.32 Å². The van der Waals surface area contributed by atoms with Crippen molar-refractivity contribution in [1.29, 1.82) is 0 Å². The molecule has 0 aliphatic heterocycles. The van der Waals surface area contributed by atoms with Gasteiger partial charge in [-0.2, -0.15) is 9.61 Å². The molecule has 23 heavy (non-hydrogen) atoms. The lowest BCUT2D eigenvalue weighted by Crippen LogP contribution is -2.13. The quantitative estimate of drug-likeness (QED) is 0.777. The highest BCUT2D eigenvalue weighted by molar-refractivity contribution is 5.81. The van der Waals surface area contributed by atoms with Gasteiger partial charge < -0.3 is 10.4 Å². The maximum absolute atomic E-state index is 9.12. The van der Waals surface area contributed by atoms with Crippen LogP contribution in [0.3, 0.4) is 0 Å². The van der Waals surface area contributed by atoms with Crippen LogP contribution in [0.15, 0.2) is 24.3 Å². The normalized spacial score (nSPS) is 11.2. The molecule has 2 heterocycles. The van der Waals surface area contributed by atoms with Crippen LogP contribution in [-0.2, 0) is 0 Å². The monoisotopic (exact) mass is 310 g/mol. The van der Waals surface area contributed by atoms with Crippen LogP contribution >= 0.6 is 0 Å². The van der Waals surface area contributed by atoms with Gasteiger partial charge in [-0.05, 0) is 33.3 Å². The van der Waals surface area contributed by atoms with E-state index in [9.17, 15) is 0 Å². The van der Waals surface area contributed by atoms with Crippen molar-refractivity contribution in [2.24, 2.45) is 0 Å². The highest BCUT2D eigenvalue weighted by atomic mass is 16.3. The molecule has 2 aromatic heterocycles. The smallest absolute Gasteiger partial charge is 0.165 e. The standard InChI is InChI=1S/C18H22N4O/c1-11-5-7-15(8-6-11)16-14(4)21-22-17(19-9-10-23)12(2)13(3)20-18(16)22/h5-8,19,23H,9-10H2,1-4H3. The molecule has 3 aromatic rings. The number of aliphatic hydroxyl groups excluding tert-OH is 1. The molecule has 0 fully saturated rings. The van der Waals surface area contributed by atoms with Gasteiger partial charge in [0, 0.05) is 23.4 Å². The third kappa shape index (κ3) is 2.68. The van der Waals surface area contributed by atoms with Crippen LogP contribution in [-0.4, -0.2) is 32.9 Å². The van der Waals surface area contributed by atoms with E-state index in [2.05, 4.69) is 41.6 Å². The van der Waals surface area contributed by atoms with E-state index in [0.717, 1.165) is 39.5 Å². The molecule has 0 saturated heterocycles. The van der Waals surface area contributed by atoms with Gasteiger partial charge in [0.05, 0.1) is 12.3 Å². The Morgan fingerprint density at radius 2 is 1.74 bits per heavy atom. The second-order valence-electron chi connectivity index (χ2n) is 5.88. The number of rotatable bonds is 4. The SMILES string of the molecule is Cc1ccc(-c2c(C)nn3c(NCCO)c(C)c(C)nc23)cc1. The molecule has 5 nitrogen and oxygen atoms in total. The first-order chi connectivity index (χ1) is 11.0. The predicted octanol–water partition coefficient (Wildman–Crippen LogP) is 3.03. The molecule has 0 aliphatic rings. The Hall–Kier alpha value is -2.40. The number of aromatic nitrogens is 3. The number of hydrogen-bond acceptors (Lipinski definition) is 4. The van der Waals surface area contributed by atoms with E-state index in [4.69, 9.17) is 10.1 Å². The zero-order valence-corrected chi connectivity index (χ0v) is 14.0. The summed E-state index contributed by atoms with van der Waals surface area (Å²) in [5.74, 6) is 0.892. The Balaban J connectivity index is 2.26. The molecular formula is C18H22N4O. The second-order valence-corrected chi connectivity index (χ2v) is 5.88. The molecule has 3 rings (SSSR count). The number of anilines is 1. The fourth-order valence-corrected chi connectivity index (χ4v) is 2.79. The molecule has 0 saturated carbocycles. The molecular weight excluding hydrogens is 288 g/mol. The van der Waals surface area contributed by atoms with E-state index in [1.54, 1.807) is 0 Å². The summed E-state index contributed by atoms with van der Waals surface area (Å²) in [4.78, 5) is 4.76. The molecule has 0 radical (unpaired) electrons. The van der Waals surface area contributed by atoms with Gasteiger partial charge in [-0.25, -0.2) is 4.98 Å². The Kier molecular flexibility index (Phi) is 4.05. The van der Waals surface area contributed by atoms with Crippen molar-refractivity contribution in [2.75, 3.05) is 18.5 Å². The first-order valence-electron chi connectivity index (χ1n) is 7.81. The molecule has 0 atom stereocenters. The first-order valence-corrected chi connectivity index (χ1v) is 7.81. The van der Waals surface area contributed by atoms with Gasteiger partial charge in [0.2, 0.25) is 0 Å². The van der Waals surface area contributed by atoms with Crippen LogP contribution in [0.25, 0.3) is 16.8 Å². The lowest BCUT2D eigenvalue weighted by atomic mass is 10.0. The van der Waals surface area contributed by atoms with Crippen molar-refractivity contribution in [1.82, 2.24) is 14.6 Å². The molecule has 120 valence electrons. The minimum Gasteiger partial charge on any atom is -0.395 e. The van der Waals surface area contributed by atoms with Crippen molar-refractivity contribution in [3.63, 3.8) is 0 Å².